The van der Waals surface area contributed by atoms with Gasteiger partial charge in [-0.2, -0.15) is 0 Å². The molecule has 0 aliphatic heterocycles. The Kier molecular flexibility index (Phi) is 6.29. The average molecular weight is 326 g/mol. The minimum Gasteiger partial charge on any atom is -0.532 e. The standard InChI is InChI=1S/C17H31NO3Si/c1-8-20-16(19)12-11-14(2)18-13-9-10-15(18)21-22(6,7)17(3,4)5/h9-10,13-14H,8,11-12H2,1-7H3. The third kappa shape index (κ3) is 4.90. The minimum atomic E-state index is -1.86. The van der Waals surface area contributed by atoms with Gasteiger partial charge in [0.15, 0.2) is 5.88 Å². The highest BCUT2D eigenvalue weighted by atomic mass is 28.4. The van der Waals surface area contributed by atoms with E-state index in [1.165, 1.54) is 0 Å². The fourth-order valence-corrected chi connectivity index (χ4v) is 2.94. The Morgan fingerprint density at radius 2 is 2.00 bits per heavy atom. The highest BCUT2D eigenvalue weighted by Crippen LogP contribution is 2.38. The molecule has 0 aromatic carbocycles. The maximum absolute atomic E-state index is 11.5. The van der Waals surface area contributed by atoms with Crippen LogP contribution in [0.3, 0.4) is 0 Å². The number of rotatable bonds is 7. The summed E-state index contributed by atoms with van der Waals surface area (Å²) in [7, 11) is -1.86. The van der Waals surface area contributed by atoms with Crippen molar-refractivity contribution in [2.75, 3.05) is 6.61 Å². The van der Waals surface area contributed by atoms with Crippen LogP contribution in [0.1, 0.15) is 53.5 Å². The van der Waals surface area contributed by atoms with Crippen LogP contribution in [0.4, 0.5) is 0 Å². The summed E-state index contributed by atoms with van der Waals surface area (Å²) in [6, 6.07) is 4.23. The molecule has 0 N–H and O–H groups in total. The molecule has 1 aromatic rings. The topological polar surface area (TPSA) is 40.5 Å². The number of aromatic nitrogens is 1. The Morgan fingerprint density at radius 3 is 2.55 bits per heavy atom. The molecule has 0 spiro atoms. The van der Waals surface area contributed by atoms with E-state index >= 15 is 0 Å². The van der Waals surface area contributed by atoms with Crippen LogP contribution >= 0.6 is 0 Å². The molecule has 1 aromatic heterocycles. The quantitative estimate of drug-likeness (QED) is 0.535. The molecule has 0 fully saturated rings. The van der Waals surface area contributed by atoms with Gasteiger partial charge in [0.1, 0.15) is 0 Å². The van der Waals surface area contributed by atoms with Crippen LogP contribution < -0.4 is 4.43 Å². The van der Waals surface area contributed by atoms with E-state index in [0.29, 0.717) is 13.0 Å². The minimum absolute atomic E-state index is 0.131. The zero-order valence-electron chi connectivity index (χ0n) is 15.1. The zero-order chi connectivity index (χ0) is 17.0. The average Bonchev–Trinajstić information content (AvgIpc) is 2.82. The number of hydrogen-bond donors (Lipinski definition) is 0. The summed E-state index contributed by atoms with van der Waals surface area (Å²) in [5.41, 5.74) is 0. The second kappa shape index (κ2) is 7.35. The second-order valence-corrected chi connectivity index (χ2v) is 12.0. The van der Waals surface area contributed by atoms with Gasteiger partial charge < -0.3 is 13.7 Å². The fraction of sp³-hybridized carbons (Fsp3) is 0.706. The number of carbonyl (C=O) groups is 1. The molecule has 126 valence electrons. The maximum atomic E-state index is 11.5. The normalized spacial score (nSPS) is 13.8. The Hall–Kier alpha value is -1.23. The van der Waals surface area contributed by atoms with Gasteiger partial charge in [-0.15, -0.1) is 0 Å². The molecule has 1 unspecified atom stereocenters. The molecular weight excluding hydrogens is 294 g/mol. The smallest absolute Gasteiger partial charge is 0.305 e. The summed E-state index contributed by atoms with van der Waals surface area (Å²) in [6.45, 7) is 15.6. The van der Waals surface area contributed by atoms with Gasteiger partial charge in [0.25, 0.3) is 8.32 Å². The summed E-state index contributed by atoms with van der Waals surface area (Å²) in [5.74, 6) is 0.774. The zero-order valence-corrected chi connectivity index (χ0v) is 16.1. The highest BCUT2D eigenvalue weighted by molar-refractivity contribution is 6.74. The predicted molar refractivity (Wildman–Crippen MR) is 92.8 cm³/mol. The Morgan fingerprint density at radius 1 is 1.36 bits per heavy atom. The van der Waals surface area contributed by atoms with Crippen LogP contribution in [0.25, 0.3) is 0 Å². The summed E-state index contributed by atoms with van der Waals surface area (Å²) < 4.78 is 13.5. The number of hydrogen-bond acceptors (Lipinski definition) is 3. The van der Waals surface area contributed by atoms with E-state index in [9.17, 15) is 4.79 Å². The Bertz CT molecular complexity index is 488. The van der Waals surface area contributed by atoms with Crippen molar-refractivity contribution in [1.82, 2.24) is 4.57 Å². The van der Waals surface area contributed by atoms with Crippen molar-refractivity contribution >= 4 is 14.3 Å². The second-order valence-electron chi connectivity index (χ2n) is 7.31. The molecule has 1 rings (SSSR count). The first-order valence-electron chi connectivity index (χ1n) is 8.10. The molecule has 1 heterocycles. The van der Waals surface area contributed by atoms with Crippen molar-refractivity contribution in [3.8, 4) is 5.88 Å². The van der Waals surface area contributed by atoms with Crippen molar-refractivity contribution in [2.24, 2.45) is 0 Å². The van der Waals surface area contributed by atoms with Crippen LogP contribution in [0, 0.1) is 0 Å². The lowest BCUT2D eigenvalue weighted by Crippen LogP contribution is -2.44. The lowest BCUT2D eigenvalue weighted by atomic mass is 10.2. The lowest BCUT2D eigenvalue weighted by Gasteiger charge is -2.37. The highest BCUT2D eigenvalue weighted by Gasteiger charge is 2.39. The molecule has 5 heteroatoms. The number of esters is 1. The number of nitrogens with zero attached hydrogens (tertiary/aromatic N) is 1. The molecule has 0 saturated carbocycles. The molecule has 0 saturated heterocycles. The van der Waals surface area contributed by atoms with Crippen molar-refractivity contribution < 1.29 is 14.0 Å². The van der Waals surface area contributed by atoms with Crippen molar-refractivity contribution in [2.45, 2.75) is 71.6 Å². The van der Waals surface area contributed by atoms with Gasteiger partial charge in [0.2, 0.25) is 0 Å². The third-order valence-corrected chi connectivity index (χ3v) is 8.78. The van der Waals surface area contributed by atoms with Gasteiger partial charge in [0, 0.05) is 18.7 Å². The monoisotopic (exact) mass is 325 g/mol. The SMILES string of the molecule is CCOC(=O)CCC(C)n1cccc1O[Si](C)(C)C(C)(C)C. The van der Waals surface area contributed by atoms with E-state index in [1.54, 1.807) is 0 Å². The van der Waals surface area contributed by atoms with Gasteiger partial charge in [0.05, 0.1) is 6.61 Å². The Labute approximate surface area is 135 Å². The van der Waals surface area contributed by atoms with E-state index in [4.69, 9.17) is 9.16 Å². The van der Waals surface area contributed by atoms with Gasteiger partial charge in [-0.1, -0.05) is 20.8 Å². The van der Waals surface area contributed by atoms with Gasteiger partial charge >= 0.3 is 5.97 Å². The van der Waals surface area contributed by atoms with Gasteiger partial charge in [-0.25, -0.2) is 0 Å². The maximum Gasteiger partial charge on any atom is 0.305 e. The lowest BCUT2D eigenvalue weighted by molar-refractivity contribution is -0.143. The van der Waals surface area contributed by atoms with Gasteiger partial charge in [-0.3, -0.25) is 4.79 Å². The van der Waals surface area contributed by atoms with E-state index < -0.39 is 8.32 Å². The van der Waals surface area contributed by atoms with Crippen LogP contribution in [0.15, 0.2) is 18.3 Å². The first-order valence-corrected chi connectivity index (χ1v) is 11.0. The molecule has 0 aliphatic carbocycles. The molecule has 1 atom stereocenters. The van der Waals surface area contributed by atoms with Crippen LogP contribution in [-0.4, -0.2) is 25.5 Å². The molecule has 22 heavy (non-hydrogen) atoms. The summed E-state index contributed by atoms with van der Waals surface area (Å²) in [6.07, 6.45) is 3.21. The van der Waals surface area contributed by atoms with Crippen LogP contribution in [-0.2, 0) is 9.53 Å². The first-order chi connectivity index (χ1) is 10.1. The number of ether oxygens (including phenoxy) is 1. The van der Waals surface area contributed by atoms with E-state index in [1.807, 2.05) is 25.3 Å². The van der Waals surface area contributed by atoms with Crippen molar-refractivity contribution in [3.05, 3.63) is 18.3 Å². The number of carbonyl (C=O) groups excluding carboxylic acids is 1. The Balaban J connectivity index is 2.74. The van der Waals surface area contributed by atoms with E-state index in [0.717, 1.165) is 12.3 Å². The van der Waals surface area contributed by atoms with E-state index in [-0.39, 0.29) is 17.0 Å². The largest absolute Gasteiger partial charge is 0.532 e. The van der Waals surface area contributed by atoms with Gasteiger partial charge in [-0.05, 0) is 50.5 Å². The van der Waals surface area contributed by atoms with Crippen molar-refractivity contribution in [1.29, 1.82) is 0 Å². The van der Waals surface area contributed by atoms with E-state index in [2.05, 4.69) is 45.4 Å². The molecular formula is C17H31NO3Si. The summed E-state index contributed by atoms with van der Waals surface area (Å²) in [5, 5.41) is 0.163. The molecule has 0 bridgehead atoms. The molecule has 0 aliphatic rings. The predicted octanol–water partition coefficient (Wildman–Crippen LogP) is 4.78. The molecule has 0 amide bonds. The van der Waals surface area contributed by atoms with Crippen molar-refractivity contribution in [3.63, 3.8) is 0 Å². The third-order valence-electron chi connectivity index (χ3n) is 4.45. The molecule has 4 nitrogen and oxygen atoms in total. The van der Waals surface area contributed by atoms with Crippen LogP contribution in [0.5, 0.6) is 5.88 Å². The first kappa shape index (κ1) is 18.8. The fourth-order valence-electron chi connectivity index (χ4n) is 1.94. The summed E-state index contributed by atoms with van der Waals surface area (Å²) >= 11 is 0. The molecule has 0 radical (unpaired) electrons. The summed E-state index contributed by atoms with van der Waals surface area (Å²) in [4.78, 5) is 11.5. The van der Waals surface area contributed by atoms with Crippen LogP contribution in [0.2, 0.25) is 18.1 Å².